The second kappa shape index (κ2) is 6.49. The molecule has 1 aliphatic carbocycles. The Morgan fingerprint density at radius 1 is 1.39 bits per heavy atom. The highest BCUT2D eigenvalue weighted by Gasteiger charge is 2.35. The van der Waals surface area contributed by atoms with Crippen LogP contribution in [0.4, 0.5) is 10.2 Å². The van der Waals surface area contributed by atoms with Gasteiger partial charge in [-0.15, -0.1) is 0 Å². The van der Waals surface area contributed by atoms with Crippen LogP contribution < -0.4 is 10.1 Å². The number of halogens is 1. The molecule has 0 amide bonds. The van der Waals surface area contributed by atoms with Gasteiger partial charge in [-0.2, -0.15) is 10.1 Å². The summed E-state index contributed by atoms with van der Waals surface area (Å²) in [6, 6.07) is 2.77. The van der Waals surface area contributed by atoms with Gasteiger partial charge in [-0.1, -0.05) is 0 Å². The van der Waals surface area contributed by atoms with Crippen molar-refractivity contribution in [2.75, 3.05) is 19.0 Å². The number of methoxy groups -OCH3 is 1. The summed E-state index contributed by atoms with van der Waals surface area (Å²) in [5.41, 5.74) is 0. The topological polar surface area (TPSA) is 96.0 Å². The van der Waals surface area contributed by atoms with Crippen LogP contribution in [0.3, 0.4) is 0 Å². The summed E-state index contributed by atoms with van der Waals surface area (Å²) in [6.07, 6.45) is 0.884. The number of rotatable bonds is 5. The molecule has 0 aliphatic heterocycles. The third kappa shape index (κ3) is 3.42. The predicted molar refractivity (Wildman–Crippen MR) is 81.8 cm³/mol. The zero-order chi connectivity index (χ0) is 16.4. The lowest BCUT2D eigenvalue weighted by Gasteiger charge is -2.16. The van der Waals surface area contributed by atoms with Crippen LogP contribution >= 0.6 is 0 Å². The number of H-pyrrole nitrogens is 1. The number of pyridine rings is 1. The highest BCUT2D eigenvalue weighted by molar-refractivity contribution is 5.39. The van der Waals surface area contributed by atoms with Crippen LogP contribution in [-0.2, 0) is 0 Å². The smallest absolute Gasteiger partial charge is 0.215 e. The fourth-order valence-corrected chi connectivity index (χ4v) is 2.97. The number of hydrogen-bond acceptors (Lipinski definition) is 6. The molecule has 0 bridgehead atoms. The minimum absolute atomic E-state index is 0.00814. The van der Waals surface area contributed by atoms with Crippen molar-refractivity contribution in [3.05, 3.63) is 29.6 Å². The van der Waals surface area contributed by atoms with E-state index in [2.05, 4.69) is 25.5 Å². The number of aryl methyl sites for hydroxylation is 1. The van der Waals surface area contributed by atoms with E-state index < -0.39 is 11.9 Å². The molecule has 3 N–H and O–H groups in total. The van der Waals surface area contributed by atoms with E-state index in [9.17, 15) is 9.50 Å². The summed E-state index contributed by atoms with van der Waals surface area (Å²) in [5.74, 6) is 1.63. The van der Waals surface area contributed by atoms with Gasteiger partial charge in [-0.3, -0.25) is 5.10 Å². The van der Waals surface area contributed by atoms with Crippen molar-refractivity contribution >= 4 is 5.82 Å². The van der Waals surface area contributed by atoms with Gasteiger partial charge in [0.15, 0.2) is 17.5 Å². The number of nitrogens with one attached hydrogen (secondary N) is 2. The second-order valence-electron chi connectivity index (χ2n) is 5.84. The number of aromatic nitrogens is 4. The Kier molecular flexibility index (Phi) is 4.42. The zero-order valence-electron chi connectivity index (χ0n) is 13.1. The lowest BCUT2D eigenvalue weighted by Crippen LogP contribution is -2.22. The van der Waals surface area contributed by atoms with E-state index >= 15 is 0 Å². The normalized spacial score (nSPS) is 23.9. The van der Waals surface area contributed by atoms with Gasteiger partial charge < -0.3 is 15.2 Å². The van der Waals surface area contributed by atoms with Gasteiger partial charge in [0.2, 0.25) is 5.88 Å². The molecule has 1 fully saturated rings. The van der Waals surface area contributed by atoms with Crippen molar-refractivity contribution in [1.82, 2.24) is 20.2 Å². The fraction of sp³-hybridized carbons (Fsp3) is 0.533. The van der Waals surface area contributed by atoms with Crippen molar-refractivity contribution < 1.29 is 14.2 Å². The van der Waals surface area contributed by atoms with Gasteiger partial charge in [0.25, 0.3) is 0 Å². The number of aliphatic hydroxyl groups excluding tert-OH is 1. The maximum atomic E-state index is 13.8. The summed E-state index contributed by atoms with van der Waals surface area (Å²) in [7, 11) is 1.48. The number of hydrogen-bond donors (Lipinski definition) is 3. The average molecular weight is 321 g/mol. The van der Waals surface area contributed by atoms with Crippen LogP contribution in [-0.4, -0.2) is 45.0 Å². The molecular formula is C15H20FN5O2. The van der Waals surface area contributed by atoms with Crippen LogP contribution in [0.1, 0.15) is 30.4 Å². The van der Waals surface area contributed by atoms with Crippen LogP contribution in [0.25, 0.3) is 0 Å². The molecule has 2 heterocycles. The van der Waals surface area contributed by atoms with Gasteiger partial charge in [-0.05, 0) is 25.8 Å². The Bertz CT molecular complexity index is 678. The van der Waals surface area contributed by atoms with E-state index in [0.29, 0.717) is 18.8 Å². The van der Waals surface area contributed by atoms with Crippen molar-refractivity contribution in [2.45, 2.75) is 31.8 Å². The van der Waals surface area contributed by atoms with E-state index in [4.69, 9.17) is 4.74 Å². The average Bonchev–Trinajstić information content (AvgIpc) is 3.12. The van der Waals surface area contributed by atoms with Gasteiger partial charge >= 0.3 is 0 Å². The lowest BCUT2D eigenvalue weighted by molar-refractivity contribution is 0.137. The molecule has 0 aromatic carbocycles. The maximum absolute atomic E-state index is 13.8. The largest absolute Gasteiger partial charge is 0.481 e. The molecular weight excluding hydrogens is 301 g/mol. The molecule has 8 heteroatoms. The van der Waals surface area contributed by atoms with E-state index in [0.717, 1.165) is 18.1 Å². The van der Waals surface area contributed by atoms with E-state index in [-0.39, 0.29) is 17.7 Å². The Labute approximate surface area is 133 Å². The first kappa shape index (κ1) is 15.7. The molecule has 3 rings (SSSR count). The monoisotopic (exact) mass is 321 g/mol. The molecule has 0 spiro atoms. The summed E-state index contributed by atoms with van der Waals surface area (Å²) in [6.45, 7) is 2.27. The molecule has 0 radical (unpaired) electrons. The molecule has 124 valence electrons. The minimum atomic E-state index is -0.472. The molecule has 7 nitrogen and oxygen atoms in total. The van der Waals surface area contributed by atoms with Crippen LogP contribution in [0.15, 0.2) is 12.1 Å². The summed E-state index contributed by atoms with van der Waals surface area (Å²) >= 11 is 0. The molecule has 0 saturated heterocycles. The van der Waals surface area contributed by atoms with Crippen molar-refractivity contribution in [3.8, 4) is 5.88 Å². The minimum Gasteiger partial charge on any atom is -0.481 e. The lowest BCUT2D eigenvalue weighted by atomic mass is 10.0. The molecule has 2 aromatic rings. The van der Waals surface area contributed by atoms with E-state index in [1.54, 1.807) is 0 Å². The Balaban J connectivity index is 1.62. The van der Waals surface area contributed by atoms with Gasteiger partial charge in [0.1, 0.15) is 5.82 Å². The van der Waals surface area contributed by atoms with Crippen LogP contribution in [0, 0.1) is 18.7 Å². The first-order valence-corrected chi connectivity index (χ1v) is 7.58. The summed E-state index contributed by atoms with van der Waals surface area (Å²) in [5, 5.41) is 20.2. The molecule has 1 saturated carbocycles. The number of aliphatic hydroxyl groups is 1. The van der Waals surface area contributed by atoms with Gasteiger partial charge in [-0.25, -0.2) is 9.37 Å². The summed E-state index contributed by atoms with van der Waals surface area (Å²) < 4.78 is 18.7. The Morgan fingerprint density at radius 3 is 2.91 bits per heavy atom. The molecule has 1 aliphatic rings. The van der Waals surface area contributed by atoms with Crippen molar-refractivity contribution in [2.24, 2.45) is 5.92 Å². The van der Waals surface area contributed by atoms with Crippen LogP contribution in [0.2, 0.25) is 0 Å². The second-order valence-corrected chi connectivity index (χ2v) is 5.84. The first-order chi connectivity index (χ1) is 11.1. The third-order valence-corrected chi connectivity index (χ3v) is 4.20. The summed E-state index contributed by atoms with van der Waals surface area (Å²) in [4.78, 5) is 8.37. The van der Waals surface area contributed by atoms with Crippen molar-refractivity contribution in [1.29, 1.82) is 0 Å². The number of nitrogens with zero attached hydrogens (tertiary/aromatic N) is 3. The first-order valence-electron chi connectivity index (χ1n) is 7.58. The molecule has 3 atom stereocenters. The Morgan fingerprint density at radius 2 is 2.22 bits per heavy atom. The SMILES string of the molecule is COc1ccc(F)c(NC[C@H]2C[C@H](c3n[nH]c(C)n3)C[C@H]2O)n1. The van der Waals surface area contributed by atoms with Crippen molar-refractivity contribution in [3.63, 3.8) is 0 Å². The van der Waals surface area contributed by atoms with Gasteiger partial charge in [0.05, 0.1) is 13.2 Å². The van der Waals surface area contributed by atoms with Gasteiger partial charge in [0, 0.05) is 24.4 Å². The quantitative estimate of drug-likeness (QED) is 0.774. The molecule has 2 aromatic heterocycles. The standard InChI is InChI=1S/C15H20FN5O2/c1-8-18-14(21-20-8)9-5-10(12(22)6-9)7-17-15-11(16)3-4-13(19-15)23-2/h3-4,9-10,12,22H,5-7H2,1-2H3,(H,17,19)(H,18,20,21)/t9-,10+,12+/m0/s1. The van der Waals surface area contributed by atoms with Crippen LogP contribution in [0.5, 0.6) is 5.88 Å². The fourth-order valence-electron chi connectivity index (χ4n) is 2.97. The maximum Gasteiger partial charge on any atom is 0.215 e. The molecule has 0 unspecified atom stereocenters. The number of ether oxygens (including phenoxy) is 1. The predicted octanol–water partition coefficient (Wildman–Crippen LogP) is 1.62. The molecule has 23 heavy (non-hydrogen) atoms. The Hall–Kier alpha value is -2.22. The van der Waals surface area contributed by atoms with E-state index in [1.165, 1.54) is 19.2 Å². The highest BCUT2D eigenvalue weighted by Crippen LogP contribution is 2.37. The number of anilines is 1. The highest BCUT2D eigenvalue weighted by atomic mass is 19.1. The van der Waals surface area contributed by atoms with E-state index in [1.807, 2.05) is 6.92 Å². The third-order valence-electron chi connectivity index (χ3n) is 4.20. The zero-order valence-corrected chi connectivity index (χ0v) is 13.1. The number of aromatic amines is 1.